The maximum absolute atomic E-state index is 9.20. The Morgan fingerprint density at radius 2 is 1.96 bits per heavy atom. The number of rotatable bonds is 3. The van der Waals surface area contributed by atoms with Gasteiger partial charge in [0.25, 0.3) is 0 Å². The highest BCUT2D eigenvalue weighted by atomic mass is 16.5. The fourth-order valence-electron chi connectivity index (χ4n) is 4.14. The van der Waals surface area contributed by atoms with Crippen LogP contribution in [0.5, 0.6) is 5.75 Å². The summed E-state index contributed by atoms with van der Waals surface area (Å²) < 4.78 is 11.4. The summed E-state index contributed by atoms with van der Waals surface area (Å²) in [4.78, 5) is 4.25. The lowest BCUT2D eigenvalue weighted by Crippen LogP contribution is -2.35. The fourth-order valence-corrected chi connectivity index (χ4v) is 4.14. The zero-order chi connectivity index (χ0) is 15.9. The van der Waals surface area contributed by atoms with E-state index in [-0.39, 0.29) is 5.41 Å². The van der Waals surface area contributed by atoms with Crippen LogP contribution in [0.25, 0.3) is 0 Å². The minimum atomic E-state index is 0.0191. The van der Waals surface area contributed by atoms with Crippen molar-refractivity contribution in [1.29, 1.82) is 5.26 Å². The second kappa shape index (κ2) is 5.65. The lowest BCUT2D eigenvalue weighted by molar-refractivity contribution is 0.0468. The Morgan fingerprint density at radius 1 is 1.17 bits per heavy atom. The molecule has 1 aromatic carbocycles. The number of aliphatic imine (C=N–C) groups is 1. The summed E-state index contributed by atoms with van der Waals surface area (Å²) in [5, 5.41) is 9.20. The summed E-state index contributed by atoms with van der Waals surface area (Å²) >= 11 is 0. The molecule has 0 saturated heterocycles. The standard InChI is InChI=1S/C19H22N2O2/c1-22-14-6-8-19(9-7-14)11-13-2-3-16(23-15-4-5-15)10-17(13)18(19)21-12-20/h2-3,10,14-15H,4-9,11H2,1H3. The molecule has 0 atom stereocenters. The van der Waals surface area contributed by atoms with E-state index >= 15 is 0 Å². The van der Waals surface area contributed by atoms with Gasteiger partial charge < -0.3 is 9.47 Å². The van der Waals surface area contributed by atoms with E-state index in [2.05, 4.69) is 23.2 Å². The van der Waals surface area contributed by atoms with Gasteiger partial charge in [0, 0.05) is 18.1 Å². The summed E-state index contributed by atoms with van der Waals surface area (Å²) in [7, 11) is 1.79. The average molecular weight is 310 g/mol. The van der Waals surface area contributed by atoms with E-state index in [4.69, 9.17) is 9.47 Å². The quantitative estimate of drug-likeness (QED) is 0.801. The van der Waals surface area contributed by atoms with Crippen molar-refractivity contribution in [3.05, 3.63) is 29.3 Å². The summed E-state index contributed by atoms with van der Waals surface area (Å²) in [6, 6.07) is 6.33. The van der Waals surface area contributed by atoms with Crippen molar-refractivity contribution in [1.82, 2.24) is 0 Å². The highest BCUT2D eigenvalue weighted by Crippen LogP contribution is 2.49. The topological polar surface area (TPSA) is 54.6 Å². The lowest BCUT2D eigenvalue weighted by Gasteiger charge is -2.36. The van der Waals surface area contributed by atoms with Crippen LogP contribution in [0, 0.1) is 16.9 Å². The number of methoxy groups -OCH3 is 1. The van der Waals surface area contributed by atoms with E-state index in [0.29, 0.717) is 12.2 Å². The summed E-state index contributed by atoms with van der Waals surface area (Å²) in [5.41, 5.74) is 3.43. The molecule has 0 radical (unpaired) electrons. The summed E-state index contributed by atoms with van der Waals surface area (Å²) in [6.07, 6.45) is 10.2. The van der Waals surface area contributed by atoms with Crippen LogP contribution in [-0.4, -0.2) is 25.0 Å². The molecule has 0 N–H and O–H groups in total. The van der Waals surface area contributed by atoms with Gasteiger partial charge in [-0.2, -0.15) is 10.3 Å². The number of benzene rings is 1. The zero-order valence-electron chi connectivity index (χ0n) is 13.5. The highest BCUT2D eigenvalue weighted by molar-refractivity contribution is 6.09. The zero-order valence-corrected chi connectivity index (χ0v) is 13.5. The van der Waals surface area contributed by atoms with Crippen LogP contribution < -0.4 is 4.74 Å². The number of fused-ring (bicyclic) bond motifs is 1. The number of nitrogens with zero attached hydrogens (tertiary/aromatic N) is 2. The number of hydrogen-bond donors (Lipinski definition) is 0. The maximum Gasteiger partial charge on any atom is 0.205 e. The largest absolute Gasteiger partial charge is 0.490 e. The lowest BCUT2D eigenvalue weighted by atomic mass is 9.70. The van der Waals surface area contributed by atoms with Crippen LogP contribution in [0.15, 0.2) is 23.2 Å². The van der Waals surface area contributed by atoms with E-state index in [1.165, 1.54) is 5.56 Å². The van der Waals surface area contributed by atoms with Gasteiger partial charge in [-0.05, 0) is 62.6 Å². The molecule has 0 bridgehead atoms. The second-order valence-electron chi connectivity index (χ2n) is 7.09. The van der Waals surface area contributed by atoms with Crippen LogP contribution in [0.4, 0.5) is 0 Å². The molecule has 0 amide bonds. The van der Waals surface area contributed by atoms with Crippen LogP contribution in [0.2, 0.25) is 0 Å². The van der Waals surface area contributed by atoms with Crippen molar-refractivity contribution in [3.63, 3.8) is 0 Å². The maximum atomic E-state index is 9.20. The molecule has 4 heteroatoms. The monoisotopic (exact) mass is 310 g/mol. The van der Waals surface area contributed by atoms with Gasteiger partial charge in [0.05, 0.1) is 17.9 Å². The summed E-state index contributed by atoms with van der Waals surface area (Å²) in [6.45, 7) is 0. The number of ether oxygens (including phenoxy) is 2. The third-order valence-electron chi connectivity index (χ3n) is 5.58. The molecule has 0 aliphatic heterocycles. The van der Waals surface area contributed by atoms with Crippen molar-refractivity contribution in [2.75, 3.05) is 7.11 Å². The van der Waals surface area contributed by atoms with Crippen molar-refractivity contribution >= 4 is 5.71 Å². The molecular weight excluding hydrogens is 288 g/mol. The van der Waals surface area contributed by atoms with E-state index in [1.54, 1.807) is 7.11 Å². The number of hydrogen-bond acceptors (Lipinski definition) is 4. The Balaban J connectivity index is 1.65. The van der Waals surface area contributed by atoms with Crippen molar-refractivity contribution in [2.45, 2.75) is 57.2 Å². The Kier molecular flexibility index (Phi) is 3.61. The smallest absolute Gasteiger partial charge is 0.205 e. The molecule has 4 nitrogen and oxygen atoms in total. The molecule has 120 valence electrons. The van der Waals surface area contributed by atoms with Crippen molar-refractivity contribution in [2.24, 2.45) is 10.4 Å². The van der Waals surface area contributed by atoms with Gasteiger partial charge in [-0.25, -0.2) is 0 Å². The van der Waals surface area contributed by atoms with Gasteiger partial charge in [-0.15, -0.1) is 0 Å². The van der Waals surface area contributed by atoms with E-state index < -0.39 is 0 Å². The molecule has 0 heterocycles. The second-order valence-corrected chi connectivity index (χ2v) is 7.09. The van der Waals surface area contributed by atoms with Crippen LogP contribution in [0.1, 0.15) is 49.7 Å². The first kappa shape index (κ1) is 14.7. The molecule has 2 fully saturated rings. The summed E-state index contributed by atoms with van der Waals surface area (Å²) in [5.74, 6) is 0.916. The normalized spacial score (nSPS) is 31.1. The van der Waals surface area contributed by atoms with E-state index in [0.717, 1.165) is 62.0 Å². The average Bonchev–Trinajstić information content (AvgIpc) is 3.34. The van der Waals surface area contributed by atoms with Crippen molar-refractivity contribution < 1.29 is 9.47 Å². The first-order chi connectivity index (χ1) is 11.2. The van der Waals surface area contributed by atoms with Gasteiger partial charge in [0.1, 0.15) is 5.75 Å². The van der Waals surface area contributed by atoms with Crippen LogP contribution >= 0.6 is 0 Å². The van der Waals surface area contributed by atoms with Crippen LogP contribution in [0.3, 0.4) is 0 Å². The SMILES string of the molecule is COC1CCC2(CC1)Cc1ccc(OC3CC3)cc1C2=NC#N. The van der Waals surface area contributed by atoms with Gasteiger partial charge >= 0.3 is 0 Å². The first-order valence-corrected chi connectivity index (χ1v) is 8.54. The fraction of sp³-hybridized carbons (Fsp3) is 0.579. The molecule has 0 unspecified atom stereocenters. The third-order valence-corrected chi connectivity index (χ3v) is 5.58. The minimum Gasteiger partial charge on any atom is -0.490 e. The highest BCUT2D eigenvalue weighted by Gasteiger charge is 2.46. The van der Waals surface area contributed by atoms with Gasteiger partial charge in [-0.3, -0.25) is 0 Å². The Morgan fingerprint density at radius 3 is 2.61 bits per heavy atom. The van der Waals surface area contributed by atoms with Gasteiger partial charge in [-0.1, -0.05) is 6.07 Å². The Hall–Kier alpha value is -1.86. The van der Waals surface area contributed by atoms with E-state index in [1.807, 2.05) is 6.19 Å². The predicted octanol–water partition coefficient (Wildman–Crippen LogP) is 3.63. The molecule has 3 aliphatic carbocycles. The molecule has 1 spiro atoms. The molecular formula is C19H22N2O2. The Labute approximate surface area is 137 Å². The van der Waals surface area contributed by atoms with Gasteiger partial charge in [0.15, 0.2) is 0 Å². The molecule has 2 saturated carbocycles. The van der Waals surface area contributed by atoms with Crippen molar-refractivity contribution in [3.8, 4) is 11.9 Å². The van der Waals surface area contributed by atoms with E-state index in [9.17, 15) is 5.26 Å². The first-order valence-electron chi connectivity index (χ1n) is 8.54. The Bertz CT molecular complexity index is 677. The minimum absolute atomic E-state index is 0.0191. The number of nitriles is 1. The molecule has 0 aromatic heterocycles. The predicted molar refractivity (Wildman–Crippen MR) is 87.6 cm³/mol. The molecule has 3 aliphatic rings. The molecule has 4 rings (SSSR count). The third kappa shape index (κ3) is 2.64. The molecule has 23 heavy (non-hydrogen) atoms. The van der Waals surface area contributed by atoms with Crippen LogP contribution in [-0.2, 0) is 11.2 Å². The molecule has 1 aromatic rings. The van der Waals surface area contributed by atoms with Gasteiger partial charge in [0.2, 0.25) is 6.19 Å².